The predicted octanol–water partition coefficient (Wildman–Crippen LogP) is 2.27. The first kappa shape index (κ1) is 16.7. The number of hydrogen-bond donors (Lipinski definition) is 2. The number of carbonyl (C=O) groups is 2. The summed E-state index contributed by atoms with van der Waals surface area (Å²) in [6, 6.07) is 7.39. The van der Waals surface area contributed by atoms with Crippen LogP contribution >= 0.6 is 11.6 Å². The molecule has 0 saturated heterocycles. The smallest absolute Gasteiger partial charge is 0.339 e. The molecule has 0 radical (unpaired) electrons. The largest absolute Gasteiger partial charge is 0.478 e. The van der Waals surface area contributed by atoms with Crippen LogP contribution in [0.15, 0.2) is 42.9 Å². The Morgan fingerprint density at radius 3 is 2.76 bits per heavy atom. The topological polar surface area (TPSA) is 102 Å². The van der Waals surface area contributed by atoms with E-state index < -0.39 is 11.9 Å². The number of aryl methyl sites for hydroxylation is 1. The van der Waals surface area contributed by atoms with Crippen LogP contribution in [0.3, 0.4) is 0 Å². The van der Waals surface area contributed by atoms with Crippen molar-refractivity contribution in [2.24, 2.45) is 7.05 Å². The number of nitrogens with one attached hydrogen (secondary N) is 1. The van der Waals surface area contributed by atoms with Crippen LogP contribution in [0.1, 0.15) is 26.4 Å². The standard InChI is InChI=1S/C16H14ClN5O3/c1-21-9-12(16(24)25)14(20-21)15(23)19-11-6-18-22(8-11)7-10-4-2-3-5-13(10)17/h2-6,8-9H,7H2,1H3,(H,19,23)(H,24,25). The van der Waals surface area contributed by atoms with Gasteiger partial charge in [0, 0.05) is 24.5 Å². The summed E-state index contributed by atoms with van der Waals surface area (Å²) in [5.41, 5.74) is 0.999. The van der Waals surface area contributed by atoms with Gasteiger partial charge in [-0.2, -0.15) is 10.2 Å². The number of nitrogens with zero attached hydrogens (tertiary/aromatic N) is 4. The van der Waals surface area contributed by atoms with E-state index in [1.807, 2.05) is 18.2 Å². The van der Waals surface area contributed by atoms with Crippen molar-refractivity contribution in [2.45, 2.75) is 6.54 Å². The molecule has 0 atom stereocenters. The minimum atomic E-state index is -1.22. The Kier molecular flexibility index (Phi) is 4.53. The van der Waals surface area contributed by atoms with E-state index in [-0.39, 0.29) is 11.3 Å². The molecule has 0 fully saturated rings. The number of carbonyl (C=O) groups excluding carboxylic acids is 1. The number of aromatic nitrogens is 4. The average Bonchev–Trinajstić information content (AvgIpc) is 3.16. The zero-order chi connectivity index (χ0) is 18.0. The van der Waals surface area contributed by atoms with Gasteiger partial charge in [-0.25, -0.2) is 4.79 Å². The summed E-state index contributed by atoms with van der Waals surface area (Å²) in [6.45, 7) is 0.444. The van der Waals surface area contributed by atoms with Gasteiger partial charge in [-0.1, -0.05) is 29.8 Å². The van der Waals surface area contributed by atoms with Crippen molar-refractivity contribution >= 4 is 29.2 Å². The normalized spacial score (nSPS) is 10.6. The van der Waals surface area contributed by atoms with Gasteiger partial charge in [0.05, 0.1) is 18.4 Å². The van der Waals surface area contributed by atoms with Crippen molar-refractivity contribution < 1.29 is 14.7 Å². The number of carboxylic acids is 1. The molecule has 0 aliphatic rings. The van der Waals surface area contributed by atoms with E-state index in [0.717, 1.165) is 5.56 Å². The number of rotatable bonds is 5. The number of carboxylic acid groups (broad SMARTS) is 1. The number of aromatic carboxylic acids is 1. The highest BCUT2D eigenvalue weighted by molar-refractivity contribution is 6.31. The lowest BCUT2D eigenvalue weighted by atomic mass is 10.2. The second-order valence-electron chi connectivity index (χ2n) is 5.34. The summed E-state index contributed by atoms with van der Waals surface area (Å²) in [5, 5.41) is 20.4. The van der Waals surface area contributed by atoms with Gasteiger partial charge in [-0.3, -0.25) is 14.2 Å². The Morgan fingerprint density at radius 1 is 1.28 bits per heavy atom. The van der Waals surface area contributed by atoms with Gasteiger partial charge in [0.25, 0.3) is 5.91 Å². The fourth-order valence-electron chi connectivity index (χ4n) is 2.32. The van der Waals surface area contributed by atoms with E-state index in [0.29, 0.717) is 17.3 Å². The molecule has 0 bridgehead atoms. The minimum absolute atomic E-state index is 0.158. The van der Waals surface area contributed by atoms with Crippen LogP contribution in [0, 0.1) is 0 Å². The molecule has 3 aromatic rings. The summed E-state index contributed by atoms with van der Waals surface area (Å²) >= 11 is 6.12. The first-order chi connectivity index (χ1) is 11.9. The van der Waals surface area contributed by atoms with Crippen molar-refractivity contribution in [3.05, 3.63) is 64.7 Å². The molecule has 0 unspecified atom stereocenters. The SMILES string of the molecule is Cn1cc(C(=O)O)c(C(=O)Nc2cnn(Cc3ccccc3Cl)c2)n1. The number of anilines is 1. The molecule has 0 aliphatic heterocycles. The monoisotopic (exact) mass is 359 g/mol. The predicted molar refractivity (Wildman–Crippen MR) is 90.9 cm³/mol. The Morgan fingerprint density at radius 2 is 2.04 bits per heavy atom. The molecule has 2 heterocycles. The Labute approximate surface area is 147 Å². The highest BCUT2D eigenvalue weighted by Gasteiger charge is 2.21. The van der Waals surface area contributed by atoms with Crippen molar-refractivity contribution in [1.29, 1.82) is 0 Å². The third-order valence-corrected chi connectivity index (χ3v) is 3.82. The van der Waals surface area contributed by atoms with E-state index in [1.165, 1.54) is 17.1 Å². The third-order valence-electron chi connectivity index (χ3n) is 3.46. The van der Waals surface area contributed by atoms with Crippen LogP contribution in [-0.4, -0.2) is 36.5 Å². The summed E-state index contributed by atoms with van der Waals surface area (Å²) in [5.74, 6) is -1.83. The summed E-state index contributed by atoms with van der Waals surface area (Å²) < 4.78 is 2.90. The van der Waals surface area contributed by atoms with Gasteiger partial charge in [0.1, 0.15) is 5.56 Å². The fraction of sp³-hybridized carbons (Fsp3) is 0.125. The molecule has 1 amide bonds. The molecule has 9 heteroatoms. The van der Waals surface area contributed by atoms with Gasteiger partial charge >= 0.3 is 5.97 Å². The number of hydrogen-bond acceptors (Lipinski definition) is 4. The lowest BCUT2D eigenvalue weighted by Crippen LogP contribution is -2.16. The van der Waals surface area contributed by atoms with E-state index >= 15 is 0 Å². The van der Waals surface area contributed by atoms with E-state index in [9.17, 15) is 9.59 Å². The number of amides is 1. The van der Waals surface area contributed by atoms with Crippen LogP contribution in [0.5, 0.6) is 0 Å². The lowest BCUT2D eigenvalue weighted by molar-refractivity contribution is 0.0692. The molecule has 0 aliphatic carbocycles. The summed E-state index contributed by atoms with van der Waals surface area (Å²) in [6.07, 6.45) is 4.38. The van der Waals surface area contributed by atoms with Crippen LogP contribution in [0.4, 0.5) is 5.69 Å². The molecule has 128 valence electrons. The Bertz CT molecular complexity index is 947. The maximum Gasteiger partial charge on any atom is 0.339 e. The van der Waals surface area contributed by atoms with Crippen LogP contribution < -0.4 is 5.32 Å². The average molecular weight is 360 g/mol. The lowest BCUT2D eigenvalue weighted by Gasteiger charge is -2.04. The van der Waals surface area contributed by atoms with Gasteiger partial charge in [0.15, 0.2) is 5.69 Å². The fourth-order valence-corrected chi connectivity index (χ4v) is 2.51. The highest BCUT2D eigenvalue weighted by Crippen LogP contribution is 2.17. The zero-order valence-corrected chi connectivity index (χ0v) is 13.9. The van der Waals surface area contributed by atoms with Crippen molar-refractivity contribution in [1.82, 2.24) is 19.6 Å². The van der Waals surface area contributed by atoms with E-state index in [1.54, 1.807) is 24.0 Å². The second kappa shape index (κ2) is 6.78. The molecule has 8 nitrogen and oxygen atoms in total. The number of halogens is 1. The summed E-state index contributed by atoms with van der Waals surface area (Å²) in [7, 11) is 1.55. The molecular formula is C16H14ClN5O3. The molecule has 25 heavy (non-hydrogen) atoms. The third kappa shape index (κ3) is 3.69. The molecule has 1 aromatic carbocycles. The van der Waals surface area contributed by atoms with Crippen molar-refractivity contribution in [3.63, 3.8) is 0 Å². The van der Waals surface area contributed by atoms with Gasteiger partial charge in [-0.15, -0.1) is 0 Å². The maximum absolute atomic E-state index is 12.3. The van der Waals surface area contributed by atoms with Gasteiger partial charge in [-0.05, 0) is 11.6 Å². The van der Waals surface area contributed by atoms with Crippen molar-refractivity contribution in [2.75, 3.05) is 5.32 Å². The first-order valence-corrected chi connectivity index (χ1v) is 7.66. The molecule has 0 spiro atoms. The quantitative estimate of drug-likeness (QED) is 0.727. The zero-order valence-electron chi connectivity index (χ0n) is 13.2. The molecule has 3 rings (SSSR count). The maximum atomic E-state index is 12.3. The highest BCUT2D eigenvalue weighted by atomic mass is 35.5. The van der Waals surface area contributed by atoms with E-state index in [4.69, 9.17) is 16.7 Å². The molecule has 2 aromatic heterocycles. The summed E-state index contributed by atoms with van der Waals surface area (Å²) in [4.78, 5) is 23.4. The van der Waals surface area contributed by atoms with Gasteiger partial charge in [0.2, 0.25) is 0 Å². The minimum Gasteiger partial charge on any atom is -0.478 e. The van der Waals surface area contributed by atoms with Gasteiger partial charge < -0.3 is 10.4 Å². The molecule has 2 N–H and O–H groups in total. The van der Waals surface area contributed by atoms with E-state index in [2.05, 4.69) is 15.5 Å². The van der Waals surface area contributed by atoms with Crippen molar-refractivity contribution in [3.8, 4) is 0 Å². The molecule has 0 saturated carbocycles. The second-order valence-corrected chi connectivity index (χ2v) is 5.75. The van der Waals surface area contributed by atoms with Crippen LogP contribution in [0.25, 0.3) is 0 Å². The molecular weight excluding hydrogens is 346 g/mol. The van der Waals surface area contributed by atoms with Crippen LogP contribution in [-0.2, 0) is 13.6 Å². The Hall–Kier alpha value is -3.13. The first-order valence-electron chi connectivity index (χ1n) is 7.28. The Balaban J connectivity index is 1.74. The number of benzene rings is 1. The van der Waals surface area contributed by atoms with Crippen LogP contribution in [0.2, 0.25) is 5.02 Å².